The molecule has 0 saturated carbocycles. The van der Waals surface area contributed by atoms with Gasteiger partial charge in [0.15, 0.2) is 18.1 Å². The topological polar surface area (TPSA) is 129 Å². The van der Waals surface area contributed by atoms with E-state index in [9.17, 15) is 9.59 Å². The summed E-state index contributed by atoms with van der Waals surface area (Å²) in [5.74, 6) is 1.87. The van der Waals surface area contributed by atoms with Gasteiger partial charge in [-0.3, -0.25) is 9.59 Å². The summed E-state index contributed by atoms with van der Waals surface area (Å²) in [6, 6.07) is 17.9. The van der Waals surface area contributed by atoms with Gasteiger partial charge in [-0.05, 0) is 78.2 Å². The molecule has 2 aliphatic rings. The first-order chi connectivity index (χ1) is 24.8. The molecule has 2 amide bonds. The standard InChI is InChI=1S/C36H38BrClN6O6S/c1-4-48-28-13-9-8-12-27(28)40-34(46)31-22(3)39-35-41-36(51-21-23-10-6-7-11-26(23)38)42-44(35)32(31)24-18-25(37)33(29(19-24)49-5-2)50-20-30(45)43-14-16-47-17-15-43/h6-13,18-19,32H,4-5,14-17,20-21H2,1-3H3,(H,40,46)(H,39,41,42). The van der Waals surface area contributed by atoms with Crippen LogP contribution in [0.25, 0.3) is 0 Å². The van der Waals surface area contributed by atoms with E-state index in [4.69, 9.17) is 40.6 Å². The van der Waals surface area contributed by atoms with Crippen molar-refractivity contribution in [3.8, 4) is 17.2 Å². The summed E-state index contributed by atoms with van der Waals surface area (Å²) in [6.07, 6.45) is 0. The van der Waals surface area contributed by atoms with Gasteiger partial charge in [-0.1, -0.05) is 53.7 Å². The molecule has 3 aromatic carbocycles. The molecule has 1 aromatic heterocycles. The number of allylic oxidation sites excluding steroid dienone is 1. The van der Waals surface area contributed by atoms with Crippen LogP contribution in [0, 0.1) is 0 Å². The van der Waals surface area contributed by atoms with Crippen molar-refractivity contribution in [3.05, 3.63) is 92.6 Å². The average Bonchev–Trinajstić information content (AvgIpc) is 3.53. The van der Waals surface area contributed by atoms with Crippen molar-refractivity contribution in [1.29, 1.82) is 0 Å². The molecule has 0 radical (unpaired) electrons. The van der Waals surface area contributed by atoms with Crippen molar-refractivity contribution < 1.29 is 28.5 Å². The van der Waals surface area contributed by atoms with E-state index in [1.807, 2.05) is 75.4 Å². The van der Waals surface area contributed by atoms with Gasteiger partial charge in [0.1, 0.15) is 11.8 Å². The zero-order valence-electron chi connectivity index (χ0n) is 28.4. The molecule has 6 rings (SSSR count). The summed E-state index contributed by atoms with van der Waals surface area (Å²) >= 11 is 11.5. The second kappa shape index (κ2) is 16.9. The van der Waals surface area contributed by atoms with E-state index < -0.39 is 6.04 Å². The van der Waals surface area contributed by atoms with Gasteiger partial charge in [-0.15, -0.1) is 5.10 Å². The Bertz CT molecular complexity index is 1930. The molecule has 2 aliphatic heterocycles. The number of carbonyl (C=O) groups excluding carboxylic acids is 2. The lowest BCUT2D eigenvalue weighted by Gasteiger charge is -2.30. The van der Waals surface area contributed by atoms with Crippen LogP contribution in [0.15, 0.2) is 81.6 Å². The Morgan fingerprint density at radius 1 is 1.04 bits per heavy atom. The number of morpholine rings is 1. The maximum absolute atomic E-state index is 14.3. The Kier molecular flexibility index (Phi) is 12.1. The molecule has 0 aliphatic carbocycles. The van der Waals surface area contributed by atoms with Crippen LogP contribution in [-0.2, 0) is 20.1 Å². The maximum Gasteiger partial charge on any atom is 0.260 e. The fourth-order valence-corrected chi connectivity index (χ4v) is 7.47. The fraction of sp³-hybridized carbons (Fsp3) is 0.333. The number of para-hydroxylation sites is 2. The van der Waals surface area contributed by atoms with E-state index in [1.54, 1.807) is 15.6 Å². The van der Waals surface area contributed by atoms with E-state index in [2.05, 4.69) is 26.6 Å². The van der Waals surface area contributed by atoms with Crippen molar-refractivity contribution >= 4 is 62.7 Å². The zero-order valence-corrected chi connectivity index (χ0v) is 31.6. The van der Waals surface area contributed by atoms with Crippen LogP contribution in [0.3, 0.4) is 0 Å². The highest BCUT2D eigenvalue weighted by atomic mass is 79.9. The van der Waals surface area contributed by atoms with Gasteiger partial charge < -0.3 is 34.5 Å². The van der Waals surface area contributed by atoms with Crippen LogP contribution in [0.4, 0.5) is 11.6 Å². The lowest BCUT2D eigenvalue weighted by molar-refractivity contribution is -0.137. The van der Waals surface area contributed by atoms with Gasteiger partial charge in [0.05, 0.1) is 42.2 Å². The molecule has 268 valence electrons. The molecule has 2 N–H and O–H groups in total. The number of benzene rings is 3. The minimum absolute atomic E-state index is 0.144. The molecule has 12 nitrogen and oxygen atoms in total. The SMILES string of the molecule is CCOc1ccccc1NC(=O)C1=C(C)Nc2nc(SCc3ccccc3Cl)nn2C1c1cc(Br)c(OCC(=O)N2CCOCC2)c(OCC)c1. The quantitative estimate of drug-likeness (QED) is 0.137. The minimum atomic E-state index is -0.734. The first-order valence-corrected chi connectivity index (χ1v) is 18.7. The van der Waals surface area contributed by atoms with E-state index in [-0.39, 0.29) is 18.4 Å². The minimum Gasteiger partial charge on any atom is -0.492 e. The van der Waals surface area contributed by atoms with Gasteiger partial charge in [-0.25, -0.2) is 4.68 Å². The monoisotopic (exact) mass is 796 g/mol. The molecule has 51 heavy (non-hydrogen) atoms. The third-order valence-corrected chi connectivity index (χ3v) is 10.0. The predicted octanol–water partition coefficient (Wildman–Crippen LogP) is 6.95. The Hall–Kier alpha value is -4.24. The number of aromatic nitrogens is 3. The van der Waals surface area contributed by atoms with Crippen LogP contribution in [0.2, 0.25) is 5.02 Å². The van der Waals surface area contributed by atoms with Gasteiger partial charge in [0.2, 0.25) is 11.1 Å². The first kappa shape index (κ1) is 36.5. The molecule has 15 heteroatoms. The fourth-order valence-electron chi connectivity index (χ4n) is 5.78. The van der Waals surface area contributed by atoms with Gasteiger partial charge >= 0.3 is 0 Å². The van der Waals surface area contributed by atoms with E-state index in [0.717, 1.165) is 5.56 Å². The molecule has 0 bridgehead atoms. The van der Waals surface area contributed by atoms with Crippen molar-refractivity contribution in [3.63, 3.8) is 0 Å². The number of anilines is 2. The summed E-state index contributed by atoms with van der Waals surface area (Å²) in [5, 5.41) is 12.4. The number of amides is 2. The second-order valence-corrected chi connectivity index (χ2v) is 13.7. The Balaban J connectivity index is 1.37. The zero-order chi connectivity index (χ0) is 35.9. The van der Waals surface area contributed by atoms with E-state index in [1.165, 1.54) is 11.8 Å². The molecule has 4 aromatic rings. The van der Waals surface area contributed by atoms with Crippen molar-refractivity contribution in [2.75, 3.05) is 56.8 Å². The summed E-state index contributed by atoms with van der Waals surface area (Å²) < 4.78 is 25.6. The molecule has 1 unspecified atom stereocenters. The first-order valence-electron chi connectivity index (χ1n) is 16.6. The molecule has 1 fully saturated rings. The second-order valence-electron chi connectivity index (χ2n) is 11.5. The normalized spacial score (nSPS) is 15.5. The Morgan fingerprint density at radius 2 is 1.76 bits per heavy atom. The third kappa shape index (κ3) is 8.46. The number of halogens is 2. The number of carbonyl (C=O) groups is 2. The smallest absolute Gasteiger partial charge is 0.260 e. The van der Waals surface area contributed by atoms with Crippen LogP contribution in [0.5, 0.6) is 17.2 Å². The van der Waals surface area contributed by atoms with Crippen LogP contribution in [0.1, 0.15) is 37.9 Å². The van der Waals surface area contributed by atoms with Gasteiger partial charge in [0.25, 0.3) is 11.8 Å². The number of nitrogens with one attached hydrogen (secondary N) is 2. The molecular weight excluding hydrogens is 760 g/mol. The van der Waals surface area contributed by atoms with Crippen LogP contribution in [-0.4, -0.2) is 77.6 Å². The number of ether oxygens (including phenoxy) is 4. The Morgan fingerprint density at radius 3 is 2.53 bits per heavy atom. The third-order valence-electron chi connectivity index (χ3n) is 8.18. The number of hydrogen-bond acceptors (Lipinski definition) is 10. The molecule has 3 heterocycles. The lowest BCUT2D eigenvalue weighted by Crippen LogP contribution is -2.43. The van der Waals surface area contributed by atoms with E-state index >= 15 is 0 Å². The molecule has 0 spiro atoms. The number of thioether (sulfide) groups is 1. The summed E-state index contributed by atoms with van der Waals surface area (Å²) in [6.45, 7) is 8.21. The molecule has 1 atom stereocenters. The van der Waals surface area contributed by atoms with Gasteiger partial charge in [0, 0.05) is 29.6 Å². The number of nitrogens with zero attached hydrogens (tertiary/aromatic N) is 4. The Labute approximate surface area is 313 Å². The molecular formula is C36H38BrClN6O6S. The summed E-state index contributed by atoms with van der Waals surface area (Å²) in [4.78, 5) is 33.7. The van der Waals surface area contributed by atoms with Crippen molar-refractivity contribution in [1.82, 2.24) is 19.7 Å². The molecule has 1 saturated heterocycles. The highest BCUT2D eigenvalue weighted by Crippen LogP contribution is 2.44. The lowest BCUT2D eigenvalue weighted by atomic mass is 9.94. The number of fused-ring (bicyclic) bond motifs is 1. The number of hydrogen-bond donors (Lipinski definition) is 2. The maximum atomic E-state index is 14.3. The number of rotatable bonds is 13. The highest BCUT2D eigenvalue weighted by Gasteiger charge is 2.36. The van der Waals surface area contributed by atoms with Crippen molar-refractivity contribution in [2.45, 2.75) is 37.7 Å². The van der Waals surface area contributed by atoms with Crippen LogP contribution < -0.4 is 24.8 Å². The predicted molar refractivity (Wildman–Crippen MR) is 200 cm³/mol. The summed E-state index contributed by atoms with van der Waals surface area (Å²) in [7, 11) is 0. The van der Waals surface area contributed by atoms with E-state index in [0.29, 0.717) is 106 Å². The highest BCUT2D eigenvalue weighted by molar-refractivity contribution is 9.10. The van der Waals surface area contributed by atoms with Crippen LogP contribution >= 0.6 is 39.3 Å². The average molecular weight is 798 g/mol. The van der Waals surface area contributed by atoms with Crippen molar-refractivity contribution in [2.24, 2.45) is 0 Å². The van der Waals surface area contributed by atoms with Gasteiger partial charge in [-0.2, -0.15) is 4.98 Å². The summed E-state index contributed by atoms with van der Waals surface area (Å²) in [5.41, 5.74) is 3.17. The largest absolute Gasteiger partial charge is 0.492 e.